The second-order valence-electron chi connectivity index (χ2n) is 7.10. The fourth-order valence-electron chi connectivity index (χ4n) is 3.20. The number of ether oxygens (including phenoxy) is 2. The highest BCUT2D eigenvalue weighted by Gasteiger charge is 2.25. The zero-order valence-electron chi connectivity index (χ0n) is 18.2. The first-order valence-electron chi connectivity index (χ1n) is 10.0. The molecule has 0 saturated carbocycles. The van der Waals surface area contributed by atoms with Crippen molar-refractivity contribution in [1.82, 2.24) is 8.96 Å². The number of fused-ring (bicyclic) bond motifs is 1. The second-order valence-corrected chi connectivity index (χ2v) is 10.2. The third-order valence-electron chi connectivity index (χ3n) is 4.81. The topological polar surface area (TPSA) is 82.5 Å². The number of nitrogens with one attached hydrogen (secondary N) is 1. The Hall–Kier alpha value is -3.16. The summed E-state index contributed by atoms with van der Waals surface area (Å²) in [5, 5.41) is -0.107. The average Bonchev–Trinajstić information content (AvgIpc) is 3.24. The van der Waals surface area contributed by atoms with Crippen molar-refractivity contribution in [2.75, 3.05) is 18.4 Å². The van der Waals surface area contributed by atoms with Gasteiger partial charge in [-0.05, 0) is 36.2 Å². The van der Waals surface area contributed by atoms with E-state index >= 15 is 4.39 Å². The van der Waals surface area contributed by atoms with Crippen LogP contribution in [0, 0.1) is 11.6 Å². The van der Waals surface area contributed by atoms with Gasteiger partial charge in [-0.25, -0.2) is 30.0 Å². The van der Waals surface area contributed by atoms with Crippen molar-refractivity contribution in [2.45, 2.75) is 16.2 Å². The van der Waals surface area contributed by atoms with Gasteiger partial charge in [0.1, 0.15) is 12.1 Å². The smallest absolute Gasteiger partial charge is 0.272 e. The van der Waals surface area contributed by atoms with Gasteiger partial charge in [-0.1, -0.05) is 29.8 Å². The minimum absolute atomic E-state index is 0.0809. The van der Waals surface area contributed by atoms with Crippen molar-refractivity contribution in [3.05, 3.63) is 71.4 Å². The van der Waals surface area contributed by atoms with E-state index < -0.39 is 34.7 Å². The summed E-state index contributed by atoms with van der Waals surface area (Å²) in [6.45, 7) is -0.984. The molecule has 0 aliphatic rings. The largest absolute Gasteiger partial charge is 0.482 e. The molecule has 0 unspecified atom stereocenters. The predicted molar refractivity (Wildman–Crippen MR) is 128 cm³/mol. The van der Waals surface area contributed by atoms with E-state index in [9.17, 15) is 21.6 Å². The fraction of sp³-hybridized carbons (Fsp3) is 0.136. The number of nitrogens with zero attached hydrogens (tertiary/aromatic N) is 2. The van der Waals surface area contributed by atoms with Gasteiger partial charge in [0.25, 0.3) is 22.3 Å². The quantitative estimate of drug-likeness (QED) is 0.199. The van der Waals surface area contributed by atoms with Crippen LogP contribution in [0.15, 0.2) is 64.5 Å². The predicted octanol–water partition coefficient (Wildman–Crippen LogP) is 5.98. The summed E-state index contributed by atoms with van der Waals surface area (Å²) in [5.74, 6) is -2.85. The van der Waals surface area contributed by atoms with Crippen LogP contribution in [0.1, 0.15) is 0 Å². The first-order chi connectivity index (χ1) is 17.1. The van der Waals surface area contributed by atoms with E-state index in [1.807, 2.05) is 0 Å². The molecule has 0 radical (unpaired) electrons. The summed E-state index contributed by atoms with van der Waals surface area (Å²) in [7, 11) is -3.02. The van der Waals surface area contributed by atoms with Gasteiger partial charge in [-0.15, -0.1) is 0 Å². The van der Waals surface area contributed by atoms with Crippen molar-refractivity contribution in [1.29, 1.82) is 0 Å². The van der Waals surface area contributed by atoms with Crippen LogP contribution in [0.3, 0.4) is 0 Å². The van der Waals surface area contributed by atoms with Gasteiger partial charge in [0, 0.05) is 17.6 Å². The number of rotatable bonds is 9. The first kappa shape index (κ1) is 25.9. The van der Waals surface area contributed by atoms with Gasteiger partial charge < -0.3 is 14.2 Å². The molecule has 1 N–H and O–H groups in total. The molecule has 0 aliphatic carbocycles. The molecule has 2 aromatic heterocycles. The number of alkyl halides is 2. The SMILES string of the molecule is COc1nc(NSc2cn(S(=O)(=O)c3ccccc3)c3c(F)c(Cl)ccc23)c(F)cc1OCC(F)F. The van der Waals surface area contributed by atoms with Crippen molar-refractivity contribution in [3.8, 4) is 11.6 Å². The molecular weight excluding hydrogens is 546 g/mol. The Bertz CT molecular complexity index is 1520. The highest BCUT2D eigenvalue weighted by Crippen LogP contribution is 2.37. The highest BCUT2D eigenvalue weighted by molar-refractivity contribution is 8.00. The van der Waals surface area contributed by atoms with E-state index in [1.165, 1.54) is 49.7 Å². The Morgan fingerprint density at radius 2 is 1.89 bits per heavy atom. The average molecular weight is 562 g/mol. The Labute approximate surface area is 212 Å². The molecular formula is C22H16ClF4N3O4S2. The van der Waals surface area contributed by atoms with Gasteiger partial charge in [-0.3, -0.25) is 0 Å². The molecule has 0 bridgehead atoms. The van der Waals surface area contributed by atoms with Crippen LogP contribution in [0.25, 0.3) is 10.9 Å². The first-order valence-corrected chi connectivity index (χ1v) is 12.6. The minimum Gasteiger partial charge on any atom is -0.482 e. The fourth-order valence-corrected chi connectivity index (χ4v) is 5.60. The molecule has 2 heterocycles. The number of pyridine rings is 1. The maximum Gasteiger partial charge on any atom is 0.272 e. The summed E-state index contributed by atoms with van der Waals surface area (Å²) >= 11 is 6.66. The highest BCUT2D eigenvalue weighted by atomic mass is 35.5. The van der Waals surface area contributed by atoms with Crippen molar-refractivity contribution >= 4 is 50.3 Å². The molecule has 0 fully saturated rings. The molecule has 4 rings (SSSR count). The zero-order chi connectivity index (χ0) is 26.0. The molecule has 190 valence electrons. The molecule has 14 heteroatoms. The van der Waals surface area contributed by atoms with E-state index in [0.29, 0.717) is 0 Å². The number of hydrogen-bond acceptors (Lipinski definition) is 7. The minimum atomic E-state index is -4.22. The number of halogens is 5. The molecule has 0 saturated heterocycles. The maximum absolute atomic E-state index is 15.0. The number of hydrogen-bond donors (Lipinski definition) is 1. The lowest BCUT2D eigenvalue weighted by Gasteiger charge is -2.12. The van der Waals surface area contributed by atoms with E-state index in [2.05, 4.69) is 9.71 Å². The molecule has 0 spiro atoms. The summed E-state index contributed by atoms with van der Waals surface area (Å²) < 4.78 is 94.2. The Morgan fingerprint density at radius 1 is 1.17 bits per heavy atom. The van der Waals surface area contributed by atoms with Crippen LogP contribution in [0.4, 0.5) is 23.4 Å². The Balaban J connectivity index is 1.72. The number of methoxy groups -OCH3 is 1. The van der Waals surface area contributed by atoms with Crippen molar-refractivity contribution in [3.63, 3.8) is 0 Å². The standard InChI is InChI=1S/C22H16ClF4N3O4S2/c1-33-22-16(34-11-18(25)26)9-15(24)21(28-22)29-35-17-10-30(20-13(17)7-8-14(23)19(20)27)36(31,32)12-5-3-2-4-6-12/h2-10,18H,11H2,1H3,(H,28,29). The maximum atomic E-state index is 15.0. The monoisotopic (exact) mass is 561 g/mol. The van der Waals surface area contributed by atoms with E-state index in [4.69, 9.17) is 21.1 Å². The normalized spacial score (nSPS) is 11.8. The number of aromatic nitrogens is 2. The van der Waals surface area contributed by atoms with Gasteiger partial charge in [-0.2, -0.15) is 4.98 Å². The van der Waals surface area contributed by atoms with Crippen LogP contribution in [-0.4, -0.2) is 37.5 Å². The van der Waals surface area contributed by atoms with Gasteiger partial charge >= 0.3 is 0 Å². The molecule has 0 atom stereocenters. The summed E-state index contributed by atoms with van der Waals surface area (Å²) in [5.41, 5.74) is -0.294. The molecule has 0 amide bonds. The molecule has 7 nitrogen and oxygen atoms in total. The van der Waals surface area contributed by atoms with Crippen LogP contribution in [-0.2, 0) is 10.0 Å². The van der Waals surface area contributed by atoms with E-state index in [0.717, 1.165) is 22.0 Å². The Morgan fingerprint density at radius 3 is 2.56 bits per heavy atom. The lowest BCUT2D eigenvalue weighted by atomic mass is 10.2. The third-order valence-corrected chi connectivity index (χ3v) is 7.62. The summed E-state index contributed by atoms with van der Waals surface area (Å²) in [4.78, 5) is 4.01. The van der Waals surface area contributed by atoms with E-state index in [-0.39, 0.29) is 43.2 Å². The van der Waals surface area contributed by atoms with Crippen molar-refractivity contribution in [2.24, 2.45) is 0 Å². The lowest BCUT2D eigenvalue weighted by Crippen LogP contribution is -2.12. The lowest BCUT2D eigenvalue weighted by molar-refractivity contribution is 0.0799. The van der Waals surface area contributed by atoms with Crippen LogP contribution < -0.4 is 14.2 Å². The van der Waals surface area contributed by atoms with Crippen LogP contribution in [0.5, 0.6) is 11.6 Å². The molecule has 36 heavy (non-hydrogen) atoms. The summed E-state index contributed by atoms with van der Waals surface area (Å²) in [6.07, 6.45) is -1.62. The van der Waals surface area contributed by atoms with Crippen LogP contribution >= 0.6 is 23.5 Å². The van der Waals surface area contributed by atoms with Crippen LogP contribution in [0.2, 0.25) is 5.02 Å². The molecule has 2 aromatic carbocycles. The molecule has 0 aliphatic heterocycles. The zero-order valence-corrected chi connectivity index (χ0v) is 20.6. The van der Waals surface area contributed by atoms with Crippen molar-refractivity contribution < 1.29 is 35.5 Å². The van der Waals surface area contributed by atoms with Gasteiger partial charge in [0.2, 0.25) is 0 Å². The summed E-state index contributed by atoms with van der Waals surface area (Å²) in [6, 6.07) is 10.9. The van der Waals surface area contributed by atoms with Gasteiger partial charge in [0.15, 0.2) is 23.2 Å². The second kappa shape index (κ2) is 10.4. The molecule has 4 aromatic rings. The number of anilines is 1. The number of benzene rings is 2. The van der Waals surface area contributed by atoms with E-state index in [1.54, 1.807) is 6.07 Å². The van der Waals surface area contributed by atoms with Gasteiger partial charge in [0.05, 0.1) is 21.9 Å². The Kier molecular flexibility index (Phi) is 7.52. The third kappa shape index (κ3) is 5.04.